The van der Waals surface area contributed by atoms with Gasteiger partial charge in [0.15, 0.2) is 0 Å². The number of hydrogen-bond donors (Lipinski definition) is 3. The monoisotopic (exact) mass is 353 g/mol. The number of carbonyl (C=O) groups is 1. The van der Waals surface area contributed by atoms with E-state index in [-0.39, 0.29) is 30.2 Å². The molecule has 0 aliphatic carbocycles. The van der Waals surface area contributed by atoms with Gasteiger partial charge < -0.3 is 15.5 Å². The van der Waals surface area contributed by atoms with Gasteiger partial charge in [-0.2, -0.15) is 13.2 Å². The number of alkyl halides is 3. The Morgan fingerprint density at radius 2 is 1.84 bits per heavy atom. The van der Waals surface area contributed by atoms with Gasteiger partial charge in [-0.3, -0.25) is 4.79 Å². The summed E-state index contributed by atoms with van der Waals surface area (Å²) in [6.07, 6.45) is -5.32. The van der Waals surface area contributed by atoms with Crippen molar-refractivity contribution in [3.63, 3.8) is 0 Å². The maximum atomic E-state index is 12.7. The van der Waals surface area contributed by atoms with E-state index in [0.717, 1.165) is 12.1 Å². The summed E-state index contributed by atoms with van der Waals surface area (Å²) in [4.78, 5) is 11.8. The SMILES string of the molecule is O=C(CCc1ccccc1O)NCC(O)c1cccc(C(F)(F)F)c1. The van der Waals surface area contributed by atoms with E-state index < -0.39 is 17.8 Å². The van der Waals surface area contributed by atoms with Crippen LogP contribution in [0.1, 0.15) is 29.2 Å². The number of nitrogens with one attached hydrogen (secondary N) is 1. The normalized spacial score (nSPS) is 12.6. The summed E-state index contributed by atoms with van der Waals surface area (Å²) in [5.41, 5.74) is -0.151. The van der Waals surface area contributed by atoms with Crippen molar-refractivity contribution >= 4 is 5.91 Å². The minimum atomic E-state index is -4.49. The van der Waals surface area contributed by atoms with Crippen LogP contribution in [0.15, 0.2) is 48.5 Å². The van der Waals surface area contributed by atoms with Crippen LogP contribution in [-0.4, -0.2) is 22.7 Å². The Kier molecular flexibility index (Phi) is 6.03. The number of rotatable bonds is 6. The molecule has 25 heavy (non-hydrogen) atoms. The zero-order valence-electron chi connectivity index (χ0n) is 13.3. The second kappa shape index (κ2) is 8.02. The third kappa shape index (κ3) is 5.49. The second-order valence-electron chi connectivity index (χ2n) is 5.57. The Morgan fingerprint density at radius 3 is 2.52 bits per heavy atom. The molecule has 1 atom stereocenters. The molecule has 2 aromatic carbocycles. The molecule has 0 heterocycles. The highest BCUT2D eigenvalue weighted by Crippen LogP contribution is 2.30. The molecule has 134 valence electrons. The van der Waals surface area contributed by atoms with Gasteiger partial charge in [-0.25, -0.2) is 0 Å². The van der Waals surface area contributed by atoms with Crippen LogP contribution in [0.5, 0.6) is 5.75 Å². The fourth-order valence-corrected chi connectivity index (χ4v) is 2.31. The minimum absolute atomic E-state index is 0.0795. The first-order valence-corrected chi connectivity index (χ1v) is 7.66. The average molecular weight is 353 g/mol. The van der Waals surface area contributed by atoms with Gasteiger partial charge in [0.25, 0.3) is 0 Å². The van der Waals surface area contributed by atoms with E-state index in [1.165, 1.54) is 18.2 Å². The van der Waals surface area contributed by atoms with Crippen LogP contribution in [0.4, 0.5) is 13.2 Å². The average Bonchev–Trinajstić information content (AvgIpc) is 2.58. The summed E-state index contributed by atoms with van der Waals surface area (Å²) in [6, 6.07) is 11.0. The van der Waals surface area contributed by atoms with Crippen molar-refractivity contribution in [1.29, 1.82) is 0 Å². The summed E-state index contributed by atoms with van der Waals surface area (Å²) in [5.74, 6) is -0.270. The Labute approximate surface area is 142 Å². The van der Waals surface area contributed by atoms with Gasteiger partial charge in [-0.1, -0.05) is 30.3 Å². The molecule has 1 unspecified atom stereocenters. The standard InChI is InChI=1S/C18H18F3NO3/c19-18(20,21)14-6-3-5-13(10-14)16(24)11-22-17(25)9-8-12-4-1-2-7-15(12)23/h1-7,10,16,23-24H,8-9,11H2,(H,22,25). The van der Waals surface area contributed by atoms with Gasteiger partial charge in [0.2, 0.25) is 5.91 Å². The molecule has 0 aliphatic rings. The van der Waals surface area contributed by atoms with Crippen molar-refractivity contribution in [2.75, 3.05) is 6.54 Å². The van der Waals surface area contributed by atoms with Gasteiger partial charge in [-0.05, 0) is 35.7 Å². The Hall–Kier alpha value is -2.54. The number of carbonyl (C=O) groups excluding carboxylic acids is 1. The summed E-state index contributed by atoms with van der Waals surface area (Å²) in [5, 5.41) is 22.1. The topological polar surface area (TPSA) is 69.6 Å². The number of aliphatic hydroxyl groups excluding tert-OH is 1. The predicted octanol–water partition coefficient (Wildman–Crippen LogP) is 3.19. The van der Waals surface area contributed by atoms with Crippen molar-refractivity contribution in [3.8, 4) is 5.75 Å². The molecule has 2 aromatic rings. The molecule has 0 bridgehead atoms. The largest absolute Gasteiger partial charge is 0.508 e. The highest BCUT2D eigenvalue weighted by atomic mass is 19.4. The number of hydrogen-bond acceptors (Lipinski definition) is 3. The molecule has 2 rings (SSSR count). The lowest BCUT2D eigenvalue weighted by Gasteiger charge is -2.14. The number of amides is 1. The number of aliphatic hydroxyl groups is 1. The summed E-state index contributed by atoms with van der Waals surface area (Å²) in [6.45, 7) is -0.194. The quantitative estimate of drug-likeness (QED) is 0.747. The van der Waals surface area contributed by atoms with Crippen LogP contribution in [-0.2, 0) is 17.4 Å². The van der Waals surface area contributed by atoms with Crippen LogP contribution in [0.2, 0.25) is 0 Å². The lowest BCUT2D eigenvalue weighted by molar-refractivity contribution is -0.137. The first kappa shape index (κ1) is 18.8. The van der Waals surface area contributed by atoms with Crippen molar-refractivity contribution in [2.45, 2.75) is 25.1 Å². The third-order valence-electron chi connectivity index (χ3n) is 3.70. The van der Waals surface area contributed by atoms with Crippen molar-refractivity contribution in [3.05, 3.63) is 65.2 Å². The van der Waals surface area contributed by atoms with Crippen LogP contribution in [0, 0.1) is 0 Å². The highest BCUT2D eigenvalue weighted by Gasteiger charge is 2.30. The molecule has 0 radical (unpaired) electrons. The number of halogens is 3. The number of benzene rings is 2. The zero-order chi connectivity index (χ0) is 18.4. The fraction of sp³-hybridized carbons (Fsp3) is 0.278. The van der Waals surface area contributed by atoms with Crippen molar-refractivity contribution in [2.24, 2.45) is 0 Å². The summed E-state index contributed by atoms with van der Waals surface area (Å²) >= 11 is 0. The fourth-order valence-electron chi connectivity index (χ4n) is 2.31. The lowest BCUT2D eigenvalue weighted by Crippen LogP contribution is -2.28. The molecule has 3 N–H and O–H groups in total. The molecule has 0 aliphatic heterocycles. The molecule has 4 nitrogen and oxygen atoms in total. The third-order valence-corrected chi connectivity index (χ3v) is 3.70. The maximum absolute atomic E-state index is 12.7. The molecular weight excluding hydrogens is 335 g/mol. The van der Waals surface area contributed by atoms with Crippen LogP contribution < -0.4 is 5.32 Å². The summed E-state index contributed by atoms with van der Waals surface area (Å²) in [7, 11) is 0. The van der Waals surface area contributed by atoms with E-state index in [2.05, 4.69) is 5.32 Å². The van der Waals surface area contributed by atoms with Crippen molar-refractivity contribution < 1.29 is 28.2 Å². The van der Waals surface area contributed by atoms with E-state index in [0.29, 0.717) is 12.0 Å². The number of phenolic OH excluding ortho intramolecular Hbond substituents is 1. The van der Waals surface area contributed by atoms with Crippen LogP contribution >= 0.6 is 0 Å². The van der Waals surface area contributed by atoms with Crippen LogP contribution in [0.3, 0.4) is 0 Å². The van der Waals surface area contributed by atoms with Gasteiger partial charge in [0.05, 0.1) is 11.7 Å². The highest BCUT2D eigenvalue weighted by molar-refractivity contribution is 5.76. The Bertz CT molecular complexity index is 732. The van der Waals surface area contributed by atoms with Gasteiger partial charge >= 0.3 is 6.18 Å². The Balaban J connectivity index is 1.86. The maximum Gasteiger partial charge on any atom is 0.416 e. The van der Waals surface area contributed by atoms with E-state index >= 15 is 0 Å². The predicted molar refractivity (Wildman–Crippen MR) is 85.8 cm³/mol. The summed E-state index contributed by atoms with van der Waals surface area (Å²) < 4.78 is 38.0. The molecule has 0 spiro atoms. The number of aromatic hydroxyl groups is 1. The molecule has 0 saturated carbocycles. The van der Waals surface area contributed by atoms with Crippen molar-refractivity contribution in [1.82, 2.24) is 5.32 Å². The molecule has 7 heteroatoms. The number of para-hydroxylation sites is 1. The van der Waals surface area contributed by atoms with E-state index in [1.807, 2.05) is 0 Å². The Morgan fingerprint density at radius 1 is 1.12 bits per heavy atom. The molecule has 0 fully saturated rings. The van der Waals surface area contributed by atoms with Gasteiger partial charge in [0.1, 0.15) is 5.75 Å². The molecular formula is C18H18F3NO3. The van der Waals surface area contributed by atoms with Crippen LogP contribution in [0.25, 0.3) is 0 Å². The lowest BCUT2D eigenvalue weighted by atomic mass is 10.1. The smallest absolute Gasteiger partial charge is 0.416 e. The first-order valence-electron chi connectivity index (χ1n) is 7.66. The van der Waals surface area contributed by atoms with E-state index in [1.54, 1.807) is 18.2 Å². The van der Waals surface area contributed by atoms with E-state index in [4.69, 9.17) is 0 Å². The van der Waals surface area contributed by atoms with E-state index in [9.17, 15) is 28.2 Å². The van der Waals surface area contributed by atoms with Gasteiger partial charge in [-0.15, -0.1) is 0 Å². The zero-order valence-corrected chi connectivity index (χ0v) is 13.3. The second-order valence-corrected chi connectivity index (χ2v) is 5.57. The molecule has 0 saturated heterocycles. The first-order chi connectivity index (χ1) is 11.8. The minimum Gasteiger partial charge on any atom is -0.508 e. The number of phenols is 1. The molecule has 1 amide bonds. The molecule has 0 aromatic heterocycles. The number of aryl methyl sites for hydroxylation is 1. The van der Waals surface area contributed by atoms with Gasteiger partial charge in [0, 0.05) is 13.0 Å².